The van der Waals surface area contributed by atoms with Gasteiger partial charge in [-0.05, 0) is 37.6 Å². The summed E-state index contributed by atoms with van der Waals surface area (Å²) in [6.07, 6.45) is -0.397. The standard InChI is InChI=1S/C15H17FN2O4S2/c1-9-4-11(16)6-13(5-9)24(20,21)18-14(19)7-12-8-23-15(17-12)10(2)22-3/h4-6,8,10H,7H2,1-3H3,(H,18,19). The molecule has 0 aliphatic carbocycles. The van der Waals surface area contributed by atoms with E-state index in [0.29, 0.717) is 16.3 Å². The summed E-state index contributed by atoms with van der Waals surface area (Å²) >= 11 is 1.33. The fourth-order valence-electron chi connectivity index (χ4n) is 1.96. The Hall–Kier alpha value is -1.84. The van der Waals surface area contributed by atoms with Crippen LogP contribution in [0.1, 0.15) is 29.3 Å². The quantitative estimate of drug-likeness (QED) is 0.841. The maximum absolute atomic E-state index is 13.4. The monoisotopic (exact) mass is 372 g/mol. The molecule has 130 valence electrons. The highest BCUT2D eigenvalue weighted by Crippen LogP contribution is 2.20. The van der Waals surface area contributed by atoms with Crippen LogP contribution in [0.5, 0.6) is 0 Å². The molecule has 0 saturated heterocycles. The van der Waals surface area contributed by atoms with Crippen LogP contribution < -0.4 is 4.72 Å². The minimum absolute atomic E-state index is 0.194. The highest BCUT2D eigenvalue weighted by molar-refractivity contribution is 7.90. The number of amides is 1. The third-order valence-corrected chi connectivity index (χ3v) is 5.59. The lowest BCUT2D eigenvalue weighted by atomic mass is 10.2. The molecule has 1 atom stereocenters. The molecule has 0 radical (unpaired) electrons. The molecule has 2 rings (SSSR count). The van der Waals surface area contributed by atoms with Gasteiger partial charge in [-0.25, -0.2) is 22.5 Å². The maximum Gasteiger partial charge on any atom is 0.264 e. The molecular formula is C15H17FN2O4S2. The number of thiazole rings is 1. The van der Waals surface area contributed by atoms with Gasteiger partial charge in [0.25, 0.3) is 10.0 Å². The van der Waals surface area contributed by atoms with Crippen LogP contribution in [0.25, 0.3) is 0 Å². The summed E-state index contributed by atoms with van der Waals surface area (Å²) < 4.78 is 44.7. The number of hydrogen-bond acceptors (Lipinski definition) is 6. The second-order valence-corrected chi connectivity index (χ2v) is 7.80. The van der Waals surface area contributed by atoms with Crippen LogP contribution in [0, 0.1) is 12.7 Å². The first-order chi connectivity index (χ1) is 11.2. The molecule has 1 heterocycles. The average molecular weight is 372 g/mol. The van der Waals surface area contributed by atoms with Gasteiger partial charge in [0.05, 0.1) is 17.0 Å². The molecule has 1 N–H and O–H groups in total. The van der Waals surface area contributed by atoms with Crippen molar-refractivity contribution in [2.45, 2.75) is 31.3 Å². The number of hydrogen-bond donors (Lipinski definition) is 1. The van der Waals surface area contributed by atoms with Gasteiger partial charge in [0.1, 0.15) is 16.9 Å². The van der Waals surface area contributed by atoms with Gasteiger partial charge in [0, 0.05) is 12.5 Å². The Morgan fingerprint density at radius 3 is 2.75 bits per heavy atom. The van der Waals surface area contributed by atoms with Gasteiger partial charge in [-0.15, -0.1) is 11.3 Å². The van der Waals surface area contributed by atoms with Gasteiger partial charge in [-0.2, -0.15) is 0 Å². The van der Waals surface area contributed by atoms with E-state index < -0.39 is 21.7 Å². The lowest BCUT2D eigenvalue weighted by molar-refractivity contribution is -0.118. The van der Waals surface area contributed by atoms with E-state index in [4.69, 9.17) is 4.74 Å². The van der Waals surface area contributed by atoms with Gasteiger partial charge in [0.2, 0.25) is 5.91 Å². The van der Waals surface area contributed by atoms with E-state index in [0.717, 1.165) is 6.07 Å². The van der Waals surface area contributed by atoms with Crippen molar-refractivity contribution in [2.24, 2.45) is 0 Å². The molecule has 0 saturated carbocycles. The highest BCUT2D eigenvalue weighted by Gasteiger charge is 2.20. The highest BCUT2D eigenvalue weighted by atomic mass is 32.2. The molecule has 1 unspecified atom stereocenters. The lowest BCUT2D eigenvalue weighted by Crippen LogP contribution is -2.32. The predicted octanol–water partition coefficient (Wildman–Crippen LogP) is 2.35. The van der Waals surface area contributed by atoms with Crippen molar-refractivity contribution in [3.8, 4) is 0 Å². The number of rotatable bonds is 6. The number of methoxy groups -OCH3 is 1. The predicted molar refractivity (Wildman–Crippen MR) is 87.7 cm³/mol. The van der Waals surface area contributed by atoms with Crippen LogP contribution in [0.15, 0.2) is 28.5 Å². The van der Waals surface area contributed by atoms with Crippen LogP contribution in [-0.2, 0) is 26.0 Å². The van der Waals surface area contributed by atoms with Gasteiger partial charge in [-0.3, -0.25) is 4.79 Å². The Morgan fingerprint density at radius 2 is 2.12 bits per heavy atom. The van der Waals surface area contributed by atoms with Gasteiger partial charge in [0.15, 0.2) is 0 Å². The summed E-state index contributed by atoms with van der Waals surface area (Å²) in [6, 6.07) is 3.36. The first-order valence-electron chi connectivity index (χ1n) is 7.01. The molecule has 1 amide bonds. The number of nitrogens with zero attached hydrogens (tertiary/aromatic N) is 1. The van der Waals surface area contributed by atoms with Crippen molar-refractivity contribution >= 4 is 27.3 Å². The van der Waals surface area contributed by atoms with Crippen molar-refractivity contribution in [1.29, 1.82) is 0 Å². The van der Waals surface area contributed by atoms with Gasteiger partial charge in [-0.1, -0.05) is 0 Å². The summed E-state index contributed by atoms with van der Waals surface area (Å²) in [6.45, 7) is 3.39. The summed E-state index contributed by atoms with van der Waals surface area (Å²) in [5.41, 5.74) is 0.891. The number of sulfonamides is 1. The maximum atomic E-state index is 13.4. The zero-order valence-electron chi connectivity index (χ0n) is 13.4. The van der Waals surface area contributed by atoms with Crippen molar-refractivity contribution in [2.75, 3.05) is 7.11 Å². The van der Waals surface area contributed by atoms with Gasteiger partial charge < -0.3 is 4.74 Å². The summed E-state index contributed by atoms with van der Waals surface area (Å²) in [5, 5.41) is 2.37. The number of halogens is 1. The number of aromatic nitrogens is 1. The Labute approximate surface area is 143 Å². The zero-order valence-corrected chi connectivity index (χ0v) is 15.0. The summed E-state index contributed by atoms with van der Waals surface area (Å²) in [7, 11) is -2.58. The molecule has 9 heteroatoms. The molecule has 0 aliphatic heterocycles. The van der Waals surface area contributed by atoms with Crippen molar-refractivity contribution in [3.05, 3.63) is 45.7 Å². The molecule has 0 spiro atoms. The summed E-state index contributed by atoms with van der Waals surface area (Å²) in [5.74, 6) is -1.42. The van der Waals surface area contributed by atoms with Crippen LogP contribution in [0.2, 0.25) is 0 Å². The zero-order chi connectivity index (χ0) is 17.9. The van der Waals surface area contributed by atoms with Crippen LogP contribution >= 0.6 is 11.3 Å². The molecule has 0 aliphatic rings. The molecule has 6 nitrogen and oxygen atoms in total. The third-order valence-electron chi connectivity index (χ3n) is 3.19. The Morgan fingerprint density at radius 1 is 1.42 bits per heavy atom. The van der Waals surface area contributed by atoms with Crippen LogP contribution in [0.3, 0.4) is 0 Å². The third kappa shape index (κ3) is 4.59. The number of aryl methyl sites for hydroxylation is 1. The number of benzene rings is 1. The Balaban J connectivity index is 2.09. The Bertz CT molecular complexity index is 829. The number of carbonyl (C=O) groups is 1. The second kappa shape index (κ2) is 7.37. The molecular weight excluding hydrogens is 355 g/mol. The van der Waals surface area contributed by atoms with Crippen LogP contribution in [-0.4, -0.2) is 26.4 Å². The molecule has 1 aromatic carbocycles. The molecule has 0 fully saturated rings. The van der Waals surface area contributed by atoms with E-state index in [1.165, 1.54) is 23.5 Å². The largest absolute Gasteiger partial charge is 0.375 e. The van der Waals surface area contributed by atoms with Crippen molar-refractivity contribution in [1.82, 2.24) is 9.71 Å². The number of carbonyl (C=O) groups excluding carboxylic acids is 1. The second-order valence-electron chi connectivity index (χ2n) is 5.22. The SMILES string of the molecule is COC(C)c1nc(CC(=O)NS(=O)(=O)c2cc(C)cc(F)c2)cs1. The normalized spacial score (nSPS) is 12.8. The van der Waals surface area contributed by atoms with E-state index in [9.17, 15) is 17.6 Å². The number of ether oxygens (including phenoxy) is 1. The fraction of sp³-hybridized carbons (Fsp3) is 0.333. The van der Waals surface area contributed by atoms with E-state index in [1.807, 2.05) is 11.6 Å². The Kier molecular flexibility index (Phi) is 5.68. The average Bonchev–Trinajstić information content (AvgIpc) is 2.93. The van der Waals surface area contributed by atoms with E-state index in [1.54, 1.807) is 19.4 Å². The fourth-order valence-corrected chi connectivity index (χ4v) is 3.91. The topological polar surface area (TPSA) is 85.4 Å². The van der Waals surface area contributed by atoms with Crippen LogP contribution in [0.4, 0.5) is 4.39 Å². The van der Waals surface area contributed by atoms with Gasteiger partial charge >= 0.3 is 0 Å². The van der Waals surface area contributed by atoms with E-state index in [2.05, 4.69) is 4.98 Å². The minimum atomic E-state index is -4.13. The molecule has 0 bridgehead atoms. The van der Waals surface area contributed by atoms with Crippen molar-refractivity contribution in [3.63, 3.8) is 0 Å². The molecule has 1 aromatic heterocycles. The summed E-state index contributed by atoms with van der Waals surface area (Å²) in [4.78, 5) is 15.9. The lowest BCUT2D eigenvalue weighted by Gasteiger charge is -2.07. The van der Waals surface area contributed by atoms with E-state index in [-0.39, 0.29) is 17.4 Å². The van der Waals surface area contributed by atoms with E-state index >= 15 is 0 Å². The molecule has 2 aromatic rings. The first-order valence-corrected chi connectivity index (χ1v) is 9.37. The first kappa shape index (κ1) is 18.5. The number of nitrogens with one attached hydrogen (secondary N) is 1. The van der Waals surface area contributed by atoms with Crippen molar-refractivity contribution < 1.29 is 22.3 Å². The minimum Gasteiger partial charge on any atom is -0.375 e. The molecule has 24 heavy (non-hydrogen) atoms. The smallest absolute Gasteiger partial charge is 0.264 e.